The van der Waals surface area contributed by atoms with Gasteiger partial charge in [0.15, 0.2) is 0 Å². The molecule has 0 aromatic heterocycles. The van der Waals surface area contributed by atoms with Gasteiger partial charge in [-0.1, -0.05) is 0 Å². The van der Waals surface area contributed by atoms with E-state index in [2.05, 4.69) is 0 Å². The van der Waals surface area contributed by atoms with Crippen LogP contribution in [0.15, 0.2) is 89.8 Å². The van der Waals surface area contributed by atoms with Gasteiger partial charge in [-0.3, -0.25) is 0 Å². The molecular weight excluding hydrogens is 560 g/mol. The summed E-state index contributed by atoms with van der Waals surface area (Å²) in [6.45, 7) is -2.92. The van der Waals surface area contributed by atoms with Crippen LogP contribution >= 0.6 is 17.9 Å². The molecule has 3 aromatic carbocycles. The molecule has 3 aromatic rings. The van der Waals surface area contributed by atoms with Crippen molar-refractivity contribution in [2.75, 3.05) is 0 Å². The molecule has 3 rings (SSSR count). The first kappa shape index (κ1) is 20.3. The van der Waals surface area contributed by atoms with E-state index in [-0.39, 0.29) is 27.3 Å². The second-order valence-corrected chi connectivity index (χ2v) is 11.5. The fraction of sp³-hybridized carbons (Fsp3) is 0. The average molecular weight is 575 g/mol. The number of benzene rings is 3. The number of hydrogen-bond donors (Lipinski definition) is 0. The summed E-state index contributed by atoms with van der Waals surface area (Å²) in [4.78, 5) is -0.260. The summed E-state index contributed by atoms with van der Waals surface area (Å²) in [6, 6.07) is 25.2. The van der Waals surface area contributed by atoms with Crippen LogP contribution in [-0.2, 0) is 32.5 Å². The Morgan fingerprint density at radius 1 is 0.720 bits per heavy atom. The smallest absolute Gasteiger partial charge is 1.00 e. The van der Waals surface area contributed by atoms with Gasteiger partial charge in [0, 0.05) is 0 Å². The van der Waals surface area contributed by atoms with Gasteiger partial charge in [-0.25, -0.2) is 0 Å². The quantitative estimate of drug-likeness (QED) is 0.274. The molecule has 0 atom stereocenters. The molecule has 25 heavy (non-hydrogen) atoms. The molecule has 7 heteroatoms. The summed E-state index contributed by atoms with van der Waals surface area (Å²) in [5, 5.41) is 2.52. The van der Waals surface area contributed by atoms with Crippen molar-refractivity contribution in [1.29, 1.82) is 0 Å². The molecule has 0 radical (unpaired) electrons. The second kappa shape index (κ2) is 8.15. The minimum absolute atomic E-state index is 0. The van der Waals surface area contributed by atoms with Gasteiger partial charge in [0.2, 0.25) is 0 Å². The van der Waals surface area contributed by atoms with E-state index in [9.17, 15) is 13.0 Å². The van der Waals surface area contributed by atoms with Gasteiger partial charge in [-0.15, -0.1) is 0 Å². The van der Waals surface area contributed by atoms with Crippen LogP contribution in [0.25, 0.3) is 0 Å². The molecule has 0 spiro atoms. The molecule has 0 N–H and O–H groups in total. The zero-order valence-corrected chi connectivity index (χ0v) is 17.6. The largest absolute Gasteiger partial charge is 1.00 e. The van der Waals surface area contributed by atoms with Crippen LogP contribution in [0, 0.1) is 0 Å². The van der Waals surface area contributed by atoms with Crippen molar-refractivity contribution in [2.45, 2.75) is 4.90 Å². The predicted octanol–water partition coefficient (Wildman–Crippen LogP) is 2.77. The second-order valence-electron chi connectivity index (χ2n) is 5.37. The van der Waals surface area contributed by atoms with Crippen LogP contribution in [0.3, 0.4) is 0 Å². The normalized spacial score (nSPS) is 12.2. The van der Waals surface area contributed by atoms with Gasteiger partial charge in [0.05, 0.1) is 0 Å². The van der Waals surface area contributed by atoms with E-state index < -0.39 is 16.7 Å². The van der Waals surface area contributed by atoms with Crippen LogP contribution in [0.1, 0.15) is 0 Å². The van der Waals surface area contributed by atoms with E-state index in [1.54, 1.807) is 12.1 Å². The molecule has 3 nitrogen and oxygen atoms in total. The Bertz CT molecular complexity index is 911. The van der Waals surface area contributed by atoms with Gasteiger partial charge in [-0.05, 0) is 0 Å². The Kier molecular flexibility index (Phi) is 6.63. The van der Waals surface area contributed by atoms with Crippen LogP contribution in [0.2, 0.25) is 0 Å². The van der Waals surface area contributed by atoms with E-state index in [1.807, 2.05) is 60.7 Å². The fourth-order valence-electron chi connectivity index (χ4n) is 2.70. The molecule has 0 fully saturated rings. The van der Waals surface area contributed by atoms with E-state index in [1.165, 1.54) is 12.1 Å². The summed E-state index contributed by atoms with van der Waals surface area (Å²) in [5.41, 5.74) is 0. The third kappa shape index (κ3) is 4.24. The monoisotopic (exact) mass is 574 g/mol. The van der Waals surface area contributed by atoms with Crippen molar-refractivity contribution in [3.05, 3.63) is 84.9 Å². The zero-order valence-electron chi connectivity index (χ0n) is 12.9. The van der Waals surface area contributed by atoms with Crippen LogP contribution < -0.4 is 15.9 Å². The molecule has 0 aliphatic rings. The van der Waals surface area contributed by atoms with Crippen molar-refractivity contribution < 1.29 is 35.4 Å². The average Bonchev–Trinajstić information content (AvgIpc) is 2.62. The van der Waals surface area contributed by atoms with Crippen LogP contribution in [0.5, 0.6) is 0 Å². The molecular formula is C18H15AuClO3PS. The first-order valence-corrected chi connectivity index (χ1v) is 11.7. The number of hydrogen-bond acceptors (Lipinski definition) is 3. The maximum Gasteiger partial charge on any atom is 1.00 e. The summed E-state index contributed by atoms with van der Waals surface area (Å²) >= 11 is 7.18. The first-order chi connectivity index (χ1) is 11.4. The topological polar surface area (TPSA) is 57.2 Å². The maximum atomic E-state index is 11.4. The molecule has 134 valence electrons. The van der Waals surface area contributed by atoms with Gasteiger partial charge in [-0.2, -0.15) is 0 Å². The van der Waals surface area contributed by atoms with Gasteiger partial charge in [0.1, 0.15) is 0 Å². The van der Waals surface area contributed by atoms with Gasteiger partial charge in [0.25, 0.3) is 0 Å². The van der Waals surface area contributed by atoms with Crippen LogP contribution in [0.4, 0.5) is 0 Å². The Balaban J connectivity index is 0.00000225. The molecule has 0 aliphatic heterocycles. The van der Waals surface area contributed by atoms with E-state index in [0.717, 1.165) is 10.6 Å². The van der Waals surface area contributed by atoms with Crippen molar-refractivity contribution in [1.82, 2.24) is 0 Å². The van der Waals surface area contributed by atoms with E-state index in [4.69, 9.17) is 11.2 Å². The first-order valence-electron chi connectivity index (χ1n) is 7.29. The number of rotatable bonds is 4. The molecule has 0 saturated carbocycles. The Morgan fingerprint density at radius 3 is 1.60 bits per heavy atom. The minimum Gasteiger partial charge on any atom is 1.00 e. The molecule has 0 heterocycles. The summed E-state index contributed by atoms with van der Waals surface area (Å²) in [6.07, 6.45) is 0. The third-order valence-corrected chi connectivity index (χ3v) is 10.0. The van der Waals surface area contributed by atoms with Crippen molar-refractivity contribution in [3.63, 3.8) is 0 Å². The van der Waals surface area contributed by atoms with Gasteiger partial charge >= 0.3 is 169 Å². The zero-order chi connectivity index (χ0) is 17.2. The third-order valence-electron chi connectivity index (χ3n) is 3.86. The Hall–Kier alpha value is -0.970. The molecule has 0 bridgehead atoms. The van der Waals surface area contributed by atoms with Gasteiger partial charge < -0.3 is 0 Å². The van der Waals surface area contributed by atoms with E-state index in [0.29, 0.717) is 5.30 Å². The Labute approximate surface area is 168 Å². The predicted molar refractivity (Wildman–Crippen MR) is 100 cm³/mol. The van der Waals surface area contributed by atoms with E-state index >= 15 is 0 Å². The summed E-state index contributed by atoms with van der Waals surface area (Å²) < 4.78 is 34.2. The van der Waals surface area contributed by atoms with Crippen molar-refractivity contribution in [3.8, 4) is 0 Å². The standard InChI is InChI=1S/C18H16ClO3PS.Au/c19-23(15-8-3-1-4-9-15,16-10-5-2-6-11-16)17-12-7-13-18(14-17)24(20,21)22;/h1-14,23H,(H,20,21,22);/q;+1/p-1. The SMILES string of the molecule is O=S(=O)([O-])c1cccc([PH](Cl)(c2ccccc2)c2ccccc2)c1.[Au+]. The fourth-order valence-corrected chi connectivity index (χ4v) is 7.42. The molecule has 0 saturated heterocycles. The summed E-state index contributed by atoms with van der Waals surface area (Å²) in [5.74, 6) is 0. The van der Waals surface area contributed by atoms with Crippen LogP contribution in [-0.4, -0.2) is 13.0 Å². The minimum atomic E-state index is -4.54. The van der Waals surface area contributed by atoms with Crippen molar-refractivity contribution in [2.24, 2.45) is 0 Å². The summed E-state index contributed by atoms with van der Waals surface area (Å²) in [7, 11) is -4.54. The van der Waals surface area contributed by atoms with Crippen molar-refractivity contribution >= 4 is 43.9 Å². The number of halogens is 1. The maximum absolute atomic E-state index is 11.4. The molecule has 0 aliphatic carbocycles. The molecule has 0 amide bonds. The Morgan fingerprint density at radius 2 is 1.16 bits per heavy atom. The molecule has 0 unspecified atom stereocenters.